The highest BCUT2D eigenvalue weighted by Crippen LogP contribution is 2.60. The molecule has 0 N–H and O–H groups in total. The monoisotopic (exact) mass is 480 g/mol. The van der Waals surface area contributed by atoms with Gasteiger partial charge in [-0.1, -0.05) is 31.5 Å². The summed E-state index contributed by atoms with van der Waals surface area (Å²) in [4.78, 5) is 12.4. The third kappa shape index (κ3) is 4.62. The molecule has 0 spiro atoms. The fourth-order valence-electron chi connectivity index (χ4n) is 3.57. The molecule has 3 rings (SSSR count). The molecule has 2 nitrogen and oxygen atoms in total. The lowest BCUT2D eigenvalue weighted by Crippen LogP contribution is -2.12. The van der Waals surface area contributed by atoms with Crippen molar-refractivity contribution in [2.45, 2.75) is 26.6 Å². The second kappa shape index (κ2) is 8.42. The largest absolute Gasteiger partial charge is 0.460 e. The molecule has 1 aliphatic carbocycles. The quantitative estimate of drug-likeness (QED) is 0.343. The highest BCUT2D eigenvalue weighted by atomic mass is 35.5. The number of carbonyl (C=O) groups is 1. The van der Waals surface area contributed by atoms with Crippen molar-refractivity contribution in [1.29, 1.82) is 0 Å². The van der Waals surface area contributed by atoms with E-state index in [4.69, 9.17) is 16.3 Å². The van der Waals surface area contributed by atoms with Gasteiger partial charge in [0, 0.05) is 17.2 Å². The summed E-state index contributed by atoms with van der Waals surface area (Å²) in [5.41, 5.74) is -2.29. The molecule has 2 aromatic carbocycles. The Balaban J connectivity index is 1.80. The van der Waals surface area contributed by atoms with Gasteiger partial charge in [0.25, 0.3) is 0 Å². The predicted molar refractivity (Wildman–Crippen MR) is 102 cm³/mol. The lowest BCUT2D eigenvalue weighted by Gasteiger charge is -2.12. The van der Waals surface area contributed by atoms with E-state index in [1.807, 2.05) is 0 Å². The Labute approximate surface area is 183 Å². The molecule has 32 heavy (non-hydrogen) atoms. The maximum Gasteiger partial charge on any atom is 0.426 e. The van der Waals surface area contributed by atoms with Crippen LogP contribution in [0.3, 0.4) is 0 Å². The summed E-state index contributed by atoms with van der Waals surface area (Å²) >= 11 is 5.23. The lowest BCUT2D eigenvalue weighted by molar-refractivity contribution is -0.147. The smallest absolute Gasteiger partial charge is 0.426 e. The molecule has 0 aromatic heterocycles. The van der Waals surface area contributed by atoms with Gasteiger partial charge in [0.05, 0.1) is 11.5 Å². The van der Waals surface area contributed by atoms with Crippen molar-refractivity contribution < 1.29 is 40.3 Å². The number of carbonyl (C=O) groups excluding carboxylic acids is 1. The van der Waals surface area contributed by atoms with Crippen molar-refractivity contribution >= 4 is 17.6 Å². The van der Waals surface area contributed by atoms with Crippen LogP contribution in [0, 0.1) is 40.5 Å². The van der Waals surface area contributed by atoms with E-state index in [1.165, 1.54) is 13.8 Å². The summed E-state index contributed by atoms with van der Waals surface area (Å²) in [7, 11) is 0. The Morgan fingerprint density at radius 3 is 2.28 bits per heavy atom. The number of allylic oxidation sites excluding steroid dienone is 2. The molecule has 0 heterocycles. The first-order valence-electron chi connectivity index (χ1n) is 9.28. The van der Waals surface area contributed by atoms with Crippen molar-refractivity contribution in [2.75, 3.05) is 0 Å². The van der Waals surface area contributed by atoms with Crippen molar-refractivity contribution in [3.8, 4) is 11.1 Å². The predicted octanol–water partition coefficient (Wildman–Crippen LogP) is 6.91. The molecule has 2 atom stereocenters. The van der Waals surface area contributed by atoms with E-state index >= 15 is 0 Å². The van der Waals surface area contributed by atoms with Crippen LogP contribution >= 0.6 is 11.6 Å². The van der Waals surface area contributed by atoms with Crippen molar-refractivity contribution in [1.82, 2.24) is 0 Å². The second-order valence-electron chi connectivity index (χ2n) is 7.96. The molecule has 0 unspecified atom stereocenters. The molecule has 2 aromatic rings. The van der Waals surface area contributed by atoms with Crippen LogP contribution in [0.2, 0.25) is 0 Å². The number of alkyl halides is 3. The number of rotatable bonds is 5. The average Bonchev–Trinajstić information content (AvgIpc) is 3.21. The van der Waals surface area contributed by atoms with Crippen LogP contribution < -0.4 is 0 Å². The summed E-state index contributed by atoms with van der Waals surface area (Å²) in [5, 5.41) is -1.38. The van der Waals surface area contributed by atoms with Gasteiger partial charge < -0.3 is 4.74 Å². The van der Waals surface area contributed by atoms with Gasteiger partial charge in [0.1, 0.15) is 34.9 Å². The van der Waals surface area contributed by atoms with Crippen LogP contribution in [-0.2, 0) is 16.1 Å². The SMILES string of the molecule is CC1(C)[C@H](C(=O)OCc2c(F)ccc(-c3ccc(F)cc3F)c2F)[C@@H]1/C=C(\Cl)C(F)(F)F. The fraction of sp³-hybridized carbons (Fsp3) is 0.318. The number of ether oxygens (including phenoxy) is 1. The fourth-order valence-corrected chi connectivity index (χ4v) is 3.71. The third-order valence-corrected chi connectivity index (χ3v) is 5.87. The Kier molecular flexibility index (Phi) is 6.34. The van der Waals surface area contributed by atoms with E-state index < -0.39 is 69.9 Å². The van der Waals surface area contributed by atoms with Gasteiger partial charge in [-0.05, 0) is 35.6 Å². The van der Waals surface area contributed by atoms with Gasteiger partial charge in [-0.2, -0.15) is 13.2 Å². The summed E-state index contributed by atoms with van der Waals surface area (Å²) in [6, 6.07) is 4.20. The van der Waals surface area contributed by atoms with Crippen LogP contribution in [0.25, 0.3) is 11.1 Å². The van der Waals surface area contributed by atoms with E-state index in [-0.39, 0.29) is 11.1 Å². The molecule has 0 amide bonds. The van der Waals surface area contributed by atoms with E-state index in [0.29, 0.717) is 12.1 Å². The molecular formula is C22H16ClF7O2. The van der Waals surface area contributed by atoms with Gasteiger partial charge in [0.2, 0.25) is 0 Å². The standard InChI is InChI=1S/C22H16ClF7O2/c1-21(2)14(8-17(23)22(28,29)30)18(21)20(31)32-9-13-15(25)6-5-12(19(13)27)11-4-3-10(24)7-16(11)26/h3-8,14,18H,9H2,1-2H3/b17-8-/t14-,18-/m0/s1. The Morgan fingerprint density at radius 2 is 1.69 bits per heavy atom. The number of halogens is 8. The molecule has 0 radical (unpaired) electrons. The Bertz CT molecular complexity index is 1090. The normalized spacial score (nSPS) is 20.2. The Hall–Kier alpha value is -2.55. The topological polar surface area (TPSA) is 26.3 Å². The first-order valence-corrected chi connectivity index (χ1v) is 9.66. The first kappa shape index (κ1) is 24.1. The minimum atomic E-state index is -4.77. The Morgan fingerprint density at radius 1 is 1.06 bits per heavy atom. The third-order valence-electron chi connectivity index (χ3n) is 5.53. The highest BCUT2D eigenvalue weighted by molar-refractivity contribution is 6.30. The van der Waals surface area contributed by atoms with Crippen LogP contribution in [-0.4, -0.2) is 12.1 Å². The van der Waals surface area contributed by atoms with Gasteiger partial charge >= 0.3 is 12.1 Å². The van der Waals surface area contributed by atoms with Crippen LogP contribution in [0.15, 0.2) is 41.4 Å². The maximum atomic E-state index is 14.9. The van der Waals surface area contributed by atoms with Crippen LogP contribution in [0.4, 0.5) is 30.7 Å². The maximum absolute atomic E-state index is 14.9. The minimum Gasteiger partial charge on any atom is -0.460 e. The molecule has 1 aliphatic rings. The summed E-state index contributed by atoms with van der Waals surface area (Å²) in [6.45, 7) is 2.18. The van der Waals surface area contributed by atoms with Gasteiger partial charge in [0.15, 0.2) is 0 Å². The number of hydrogen-bond donors (Lipinski definition) is 0. The minimum absolute atomic E-state index is 0.327. The lowest BCUT2D eigenvalue weighted by atomic mass is 10.0. The van der Waals surface area contributed by atoms with Crippen LogP contribution in [0.1, 0.15) is 19.4 Å². The van der Waals surface area contributed by atoms with E-state index in [2.05, 4.69) is 0 Å². The second-order valence-corrected chi connectivity index (χ2v) is 8.36. The molecule has 10 heteroatoms. The molecule has 0 aliphatic heterocycles. The molecule has 0 saturated heterocycles. The molecule has 172 valence electrons. The van der Waals surface area contributed by atoms with Gasteiger partial charge in [-0.3, -0.25) is 4.79 Å². The first-order chi connectivity index (χ1) is 14.7. The number of hydrogen-bond acceptors (Lipinski definition) is 2. The number of esters is 1. The van der Waals surface area contributed by atoms with E-state index in [9.17, 15) is 35.5 Å². The van der Waals surface area contributed by atoms with Crippen LogP contribution in [0.5, 0.6) is 0 Å². The zero-order valence-electron chi connectivity index (χ0n) is 16.7. The van der Waals surface area contributed by atoms with Gasteiger partial charge in [-0.15, -0.1) is 0 Å². The van der Waals surface area contributed by atoms with Crippen molar-refractivity contribution in [2.24, 2.45) is 17.3 Å². The summed E-state index contributed by atoms with van der Waals surface area (Å²) in [5.74, 6) is -7.08. The zero-order valence-corrected chi connectivity index (χ0v) is 17.4. The molecule has 1 saturated carbocycles. The molecular weight excluding hydrogens is 465 g/mol. The molecule has 1 fully saturated rings. The average molecular weight is 481 g/mol. The highest BCUT2D eigenvalue weighted by Gasteiger charge is 2.62. The summed E-state index contributed by atoms with van der Waals surface area (Å²) in [6.07, 6.45) is -4.05. The molecule has 0 bridgehead atoms. The van der Waals surface area contributed by atoms with Gasteiger partial charge in [-0.25, -0.2) is 17.6 Å². The van der Waals surface area contributed by atoms with E-state index in [1.54, 1.807) is 0 Å². The summed E-state index contributed by atoms with van der Waals surface area (Å²) < 4.78 is 99.1. The van der Waals surface area contributed by atoms with Crippen molar-refractivity contribution in [3.05, 3.63) is 70.3 Å². The van der Waals surface area contributed by atoms with E-state index in [0.717, 1.165) is 24.3 Å². The zero-order chi connectivity index (χ0) is 24.0. The van der Waals surface area contributed by atoms with Crippen molar-refractivity contribution in [3.63, 3.8) is 0 Å². The number of benzene rings is 2.